The second-order valence-corrected chi connectivity index (χ2v) is 10.3. The van der Waals surface area contributed by atoms with Gasteiger partial charge in [0.2, 0.25) is 5.16 Å². The van der Waals surface area contributed by atoms with Crippen LogP contribution in [0, 0.1) is 17.5 Å². The Balaban J connectivity index is 1.33. The summed E-state index contributed by atoms with van der Waals surface area (Å²) in [7, 11) is 0. The minimum Gasteiger partial charge on any atom is -0.268 e. The van der Waals surface area contributed by atoms with Gasteiger partial charge in [-0.15, -0.1) is 5.10 Å². The minimum absolute atomic E-state index is 0.153. The van der Waals surface area contributed by atoms with Crippen molar-refractivity contribution in [3.8, 4) is 11.4 Å². The summed E-state index contributed by atoms with van der Waals surface area (Å²) in [4.78, 5) is 17.9. The van der Waals surface area contributed by atoms with E-state index in [2.05, 4.69) is 20.5 Å². The molecule has 40 heavy (non-hydrogen) atoms. The maximum Gasteiger partial charge on any atom is 0.416 e. The van der Waals surface area contributed by atoms with Crippen LogP contribution in [0.4, 0.5) is 26.3 Å². The van der Waals surface area contributed by atoms with Crippen molar-refractivity contribution in [3.05, 3.63) is 94.0 Å². The van der Waals surface area contributed by atoms with Gasteiger partial charge >= 0.3 is 6.18 Å². The molecule has 0 aliphatic carbocycles. The van der Waals surface area contributed by atoms with Crippen molar-refractivity contribution in [1.82, 2.24) is 29.8 Å². The summed E-state index contributed by atoms with van der Waals surface area (Å²) in [5.74, 6) is -3.52. The Kier molecular flexibility index (Phi) is 7.85. The van der Waals surface area contributed by atoms with Crippen LogP contribution in [0.1, 0.15) is 12.0 Å². The van der Waals surface area contributed by atoms with E-state index in [1.165, 1.54) is 28.5 Å². The quantitative estimate of drug-likeness (QED) is 0.0710. The van der Waals surface area contributed by atoms with Gasteiger partial charge in [0.15, 0.2) is 22.6 Å². The van der Waals surface area contributed by atoms with E-state index in [0.29, 0.717) is 34.0 Å². The number of halogens is 6. The van der Waals surface area contributed by atoms with Crippen LogP contribution in [0.5, 0.6) is 0 Å². The number of aromatic nitrogens is 6. The number of hydrogen-bond donors (Lipinski definition) is 0. The maximum atomic E-state index is 14.2. The number of para-hydroxylation sites is 1. The summed E-state index contributed by atoms with van der Waals surface area (Å²) in [5.41, 5.74) is -0.923. The van der Waals surface area contributed by atoms with Crippen LogP contribution in [0.15, 0.2) is 75.8 Å². The summed E-state index contributed by atoms with van der Waals surface area (Å²) in [5, 5.41) is 11.7. The first kappa shape index (κ1) is 27.7. The molecule has 2 heterocycles. The summed E-state index contributed by atoms with van der Waals surface area (Å²) in [6, 6.07) is 12.7. The predicted octanol–water partition coefficient (Wildman–Crippen LogP) is 6.07. The number of nitrogens with zero attached hydrogens (tertiary/aromatic N) is 6. The number of rotatable bonds is 8. The molecule has 5 rings (SSSR count). The number of fused-ring (bicyclic) bond motifs is 1. The molecule has 0 atom stereocenters. The zero-order valence-electron chi connectivity index (χ0n) is 20.1. The van der Waals surface area contributed by atoms with Gasteiger partial charge in [0.05, 0.1) is 22.2 Å². The molecular formula is C25H16F6N6OS2. The molecule has 0 aliphatic rings. The third-order valence-electron chi connectivity index (χ3n) is 5.63. The SMILES string of the molecule is O=c1c2ccccc2nc(SCCCSc2nnnn2-c2ccc(F)c(F)c2F)n1-c1ccc(C(F)(F)F)cc1. The van der Waals surface area contributed by atoms with E-state index < -0.39 is 34.8 Å². The van der Waals surface area contributed by atoms with Crippen LogP contribution in [0.2, 0.25) is 0 Å². The highest BCUT2D eigenvalue weighted by Crippen LogP contribution is 2.31. The number of alkyl halides is 3. The fraction of sp³-hybridized carbons (Fsp3) is 0.160. The highest BCUT2D eigenvalue weighted by molar-refractivity contribution is 8.00. The van der Waals surface area contributed by atoms with E-state index in [0.717, 1.165) is 40.7 Å². The van der Waals surface area contributed by atoms with Gasteiger partial charge in [0.25, 0.3) is 5.56 Å². The zero-order chi connectivity index (χ0) is 28.4. The average molecular weight is 595 g/mol. The topological polar surface area (TPSA) is 78.5 Å². The van der Waals surface area contributed by atoms with E-state index in [1.54, 1.807) is 24.3 Å². The van der Waals surface area contributed by atoms with Crippen molar-refractivity contribution in [2.45, 2.75) is 22.9 Å². The lowest BCUT2D eigenvalue weighted by Gasteiger charge is -2.14. The molecule has 206 valence electrons. The molecule has 7 nitrogen and oxygen atoms in total. The largest absolute Gasteiger partial charge is 0.416 e. The lowest BCUT2D eigenvalue weighted by molar-refractivity contribution is -0.137. The molecule has 0 spiro atoms. The Labute approximate surface area is 230 Å². The van der Waals surface area contributed by atoms with Crippen LogP contribution >= 0.6 is 23.5 Å². The second-order valence-electron chi connectivity index (χ2n) is 8.21. The summed E-state index contributed by atoms with van der Waals surface area (Å²) >= 11 is 2.38. The van der Waals surface area contributed by atoms with Crippen molar-refractivity contribution in [2.24, 2.45) is 0 Å². The fourth-order valence-electron chi connectivity index (χ4n) is 3.72. The number of benzene rings is 3. The molecule has 0 saturated carbocycles. The molecule has 0 saturated heterocycles. The van der Waals surface area contributed by atoms with Gasteiger partial charge in [0.1, 0.15) is 5.69 Å². The molecule has 0 fully saturated rings. The minimum atomic E-state index is -4.52. The van der Waals surface area contributed by atoms with Crippen molar-refractivity contribution in [1.29, 1.82) is 0 Å². The standard InChI is InChI=1S/C25H16F6N6OS2/c26-17-10-11-19(21(28)20(17)27)37-24(33-34-35-37)40-13-3-12-39-23-32-18-5-2-1-4-16(18)22(38)36(23)15-8-6-14(7-9-15)25(29,30)31/h1-2,4-11H,3,12-13H2. The predicted molar refractivity (Wildman–Crippen MR) is 137 cm³/mol. The first-order valence-corrected chi connectivity index (χ1v) is 13.5. The first-order chi connectivity index (χ1) is 19.1. The molecule has 0 aliphatic heterocycles. The lowest BCUT2D eigenvalue weighted by atomic mass is 10.2. The van der Waals surface area contributed by atoms with Crippen LogP contribution in [-0.2, 0) is 6.18 Å². The fourth-order valence-corrected chi connectivity index (χ4v) is 5.68. The average Bonchev–Trinajstić information content (AvgIpc) is 3.39. The molecule has 0 bridgehead atoms. The second kappa shape index (κ2) is 11.3. The first-order valence-electron chi connectivity index (χ1n) is 11.5. The monoisotopic (exact) mass is 594 g/mol. The molecule has 0 radical (unpaired) electrons. The highest BCUT2D eigenvalue weighted by Gasteiger charge is 2.30. The summed E-state index contributed by atoms with van der Waals surface area (Å²) < 4.78 is 82.5. The smallest absolute Gasteiger partial charge is 0.268 e. The van der Waals surface area contributed by atoms with E-state index in [1.807, 2.05) is 0 Å². The number of thioether (sulfide) groups is 2. The Hall–Kier alpha value is -3.85. The Bertz CT molecular complexity index is 1740. The maximum absolute atomic E-state index is 14.2. The lowest BCUT2D eigenvalue weighted by Crippen LogP contribution is -2.22. The van der Waals surface area contributed by atoms with Gasteiger partial charge < -0.3 is 0 Å². The summed E-state index contributed by atoms with van der Waals surface area (Å²) in [6.45, 7) is 0. The Morgan fingerprint density at radius 2 is 1.52 bits per heavy atom. The molecule has 5 aromatic rings. The van der Waals surface area contributed by atoms with E-state index in [9.17, 15) is 31.1 Å². The highest BCUT2D eigenvalue weighted by atomic mass is 32.2. The van der Waals surface area contributed by atoms with Crippen molar-refractivity contribution in [3.63, 3.8) is 0 Å². The Morgan fingerprint density at radius 1 is 0.825 bits per heavy atom. The van der Waals surface area contributed by atoms with Gasteiger partial charge in [-0.2, -0.15) is 17.9 Å². The van der Waals surface area contributed by atoms with E-state index in [4.69, 9.17) is 0 Å². The van der Waals surface area contributed by atoms with Gasteiger partial charge in [-0.3, -0.25) is 9.36 Å². The van der Waals surface area contributed by atoms with Crippen molar-refractivity contribution >= 4 is 34.4 Å². The molecule has 2 aromatic heterocycles. The molecule has 15 heteroatoms. The van der Waals surface area contributed by atoms with E-state index >= 15 is 0 Å². The third-order valence-corrected chi connectivity index (χ3v) is 7.66. The normalized spacial score (nSPS) is 11.8. The van der Waals surface area contributed by atoms with Crippen molar-refractivity contribution < 1.29 is 26.3 Å². The molecular weight excluding hydrogens is 578 g/mol. The van der Waals surface area contributed by atoms with Crippen LogP contribution in [0.3, 0.4) is 0 Å². The van der Waals surface area contributed by atoms with Crippen molar-refractivity contribution in [2.75, 3.05) is 11.5 Å². The molecule has 0 amide bonds. The van der Waals surface area contributed by atoms with Crippen LogP contribution in [0.25, 0.3) is 22.3 Å². The molecule has 0 unspecified atom stereocenters. The van der Waals surface area contributed by atoms with Gasteiger partial charge in [0, 0.05) is 11.5 Å². The third kappa shape index (κ3) is 5.56. The number of hydrogen-bond acceptors (Lipinski definition) is 7. The van der Waals surface area contributed by atoms with Gasteiger partial charge in [-0.1, -0.05) is 35.7 Å². The van der Waals surface area contributed by atoms with E-state index in [-0.39, 0.29) is 16.5 Å². The van der Waals surface area contributed by atoms with Gasteiger partial charge in [-0.25, -0.2) is 18.2 Å². The Morgan fingerprint density at radius 3 is 2.25 bits per heavy atom. The van der Waals surface area contributed by atoms with Crippen LogP contribution in [-0.4, -0.2) is 41.3 Å². The number of tetrazole rings is 1. The van der Waals surface area contributed by atoms with Gasteiger partial charge in [-0.05, 0) is 65.4 Å². The zero-order valence-corrected chi connectivity index (χ0v) is 21.7. The molecule has 3 aromatic carbocycles. The van der Waals surface area contributed by atoms with Crippen LogP contribution < -0.4 is 5.56 Å². The molecule has 0 N–H and O–H groups in total. The summed E-state index contributed by atoms with van der Waals surface area (Å²) in [6.07, 6.45) is -3.99.